The number of urea groups is 1. The van der Waals surface area contributed by atoms with Crippen LogP contribution < -0.4 is 10.6 Å². The highest BCUT2D eigenvalue weighted by Crippen LogP contribution is 2.24. The van der Waals surface area contributed by atoms with Crippen molar-refractivity contribution in [2.24, 2.45) is 0 Å². The Kier molecular flexibility index (Phi) is 5.60. The number of benzene rings is 1. The molecule has 0 fully saturated rings. The number of carbonyl (C=O) groups is 3. The average molecular weight is 321 g/mol. The molecular weight excluding hydrogens is 311 g/mol. The summed E-state index contributed by atoms with van der Waals surface area (Å²) in [7, 11) is 0. The van der Waals surface area contributed by atoms with Crippen molar-refractivity contribution in [3.63, 3.8) is 0 Å². The van der Waals surface area contributed by atoms with E-state index in [4.69, 9.17) is 33.4 Å². The average Bonchev–Trinajstić information content (AvgIpc) is 2.32. The van der Waals surface area contributed by atoms with E-state index >= 15 is 0 Å². The second-order valence-corrected chi connectivity index (χ2v) is 4.53. The summed E-state index contributed by atoms with van der Waals surface area (Å²) in [5.41, 5.74) is 0.288. The molecule has 0 saturated carbocycles. The monoisotopic (exact) mass is 320 g/mol. The summed E-state index contributed by atoms with van der Waals surface area (Å²) in [6, 6.07) is 1.88. The van der Waals surface area contributed by atoms with Crippen LogP contribution in [0, 0.1) is 0 Å². The fourth-order valence-corrected chi connectivity index (χ4v) is 1.57. The minimum absolute atomic E-state index is 0.213. The molecule has 9 heteroatoms. The van der Waals surface area contributed by atoms with Crippen LogP contribution in [0.4, 0.5) is 10.5 Å². The zero-order valence-electron chi connectivity index (χ0n) is 9.89. The van der Waals surface area contributed by atoms with E-state index in [2.05, 4.69) is 5.32 Å². The van der Waals surface area contributed by atoms with Gasteiger partial charge >= 0.3 is 18.0 Å². The van der Waals surface area contributed by atoms with E-state index in [1.807, 2.05) is 5.32 Å². The van der Waals surface area contributed by atoms with Crippen molar-refractivity contribution in [3.05, 3.63) is 28.2 Å². The molecule has 1 rings (SSSR count). The summed E-state index contributed by atoms with van der Waals surface area (Å²) < 4.78 is 0. The lowest BCUT2D eigenvalue weighted by molar-refractivity contribution is -0.145. The van der Waals surface area contributed by atoms with E-state index < -0.39 is 30.4 Å². The number of anilines is 1. The zero-order valence-corrected chi connectivity index (χ0v) is 11.4. The van der Waals surface area contributed by atoms with E-state index in [1.165, 1.54) is 18.2 Å². The van der Waals surface area contributed by atoms with Gasteiger partial charge in [-0.3, -0.25) is 4.79 Å². The highest BCUT2D eigenvalue weighted by Gasteiger charge is 2.23. The van der Waals surface area contributed by atoms with Crippen LogP contribution in [0.5, 0.6) is 0 Å². The quantitative estimate of drug-likeness (QED) is 0.662. The summed E-state index contributed by atoms with van der Waals surface area (Å²) in [6.45, 7) is 0. The number of amides is 2. The van der Waals surface area contributed by atoms with E-state index in [-0.39, 0.29) is 10.7 Å². The van der Waals surface area contributed by atoms with E-state index in [9.17, 15) is 14.4 Å². The molecule has 0 spiro atoms. The van der Waals surface area contributed by atoms with Gasteiger partial charge in [0, 0.05) is 5.69 Å². The van der Waals surface area contributed by atoms with Crippen molar-refractivity contribution in [3.8, 4) is 0 Å². The lowest BCUT2D eigenvalue weighted by Crippen LogP contribution is -2.44. The summed E-state index contributed by atoms with van der Waals surface area (Å²) in [5, 5.41) is 22.2. The fourth-order valence-electron chi connectivity index (χ4n) is 1.27. The molecule has 108 valence electrons. The topological polar surface area (TPSA) is 116 Å². The first-order valence-corrected chi connectivity index (χ1v) is 6.02. The molecule has 1 atom stereocenters. The molecule has 0 bridgehead atoms. The Morgan fingerprint density at radius 3 is 2.30 bits per heavy atom. The van der Waals surface area contributed by atoms with Crippen LogP contribution in [0.3, 0.4) is 0 Å². The van der Waals surface area contributed by atoms with Gasteiger partial charge in [0.25, 0.3) is 0 Å². The van der Waals surface area contributed by atoms with E-state index in [1.54, 1.807) is 0 Å². The van der Waals surface area contributed by atoms with E-state index in [0.29, 0.717) is 5.02 Å². The smallest absolute Gasteiger partial charge is 0.326 e. The molecule has 0 aliphatic carbocycles. The number of hydrogen-bond donors (Lipinski definition) is 4. The lowest BCUT2D eigenvalue weighted by Gasteiger charge is -2.13. The van der Waals surface area contributed by atoms with Gasteiger partial charge in [-0.1, -0.05) is 23.2 Å². The Labute approximate surface area is 123 Å². The fraction of sp³-hybridized carbons (Fsp3) is 0.182. The largest absolute Gasteiger partial charge is 0.481 e. The van der Waals surface area contributed by atoms with Gasteiger partial charge < -0.3 is 20.8 Å². The number of nitrogens with one attached hydrogen (secondary N) is 2. The Bertz CT molecular complexity index is 550. The van der Waals surface area contributed by atoms with Gasteiger partial charge in [-0.05, 0) is 18.2 Å². The Morgan fingerprint density at radius 2 is 1.80 bits per heavy atom. The van der Waals surface area contributed by atoms with Crippen molar-refractivity contribution in [2.75, 3.05) is 5.32 Å². The van der Waals surface area contributed by atoms with Crippen LogP contribution in [0.25, 0.3) is 0 Å². The first kappa shape index (κ1) is 16.1. The normalized spacial score (nSPS) is 11.5. The van der Waals surface area contributed by atoms with Crippen LogP contribution in [-0.2, 0) is 9.59 Å². The zero-order chi connectivity index (χ0) is 15.3. The number of carboxylic acid groups (broad SMARTS) is 2. The first-order chi connectivity index (χ1) is 9.29. The molecule has 20 heavy (non-hydrogen) atoms. The molecule has 7 nitrogen and oxygen atoms in total. The molecule has 4 N–H and O–H groups in total. The van der Waals surface area contributed by atoms with Gasteiger partial charge in [-0.2, -0.15) is 0 Å². The molecule has 0 aliphatic heterocycles. The Morgan fingerprint density at radius 1 is 1.15 bits per heavy atom. The van der Waals surface area contributed by atoms with Crippen molar-refractivity contribution in [1.82, 2.24) is 5.32 Å². The third-order valence-corrected chi connectivity index (χ3v) is 2.90. The summed E-state index contributed by atoms with van der Waals surface area (Å²) in [6.07, 6.45) is -0.732. The summed E-state index contributed by atoms with van der Waals surface area (Å²) in [4.78, 5) is 32.8. The molecular formula is C11H10Cl2N2O5. The number of rotatable bonds is 5. The molecule has 0 radical (unpaired) electrons. The van der Waals surface area contributed by atoms with Crippen LogP contribution in [0.1, 0.15) is 6.42 Å². The van der Waals surface area contributed by atoms with Crippen molar-refractivity contribution < 1.29 is 24.6 Å². The minimum Gasteiger partial charge on any atom is -0.481 e. The second-order valence-electron chi connectivity index (χ2n) is 3.72. The molecule has 1 aromatic carbocycles. The molecule has 0 unspecified atom stereocenters. The maximum Gasteiger partial charge on any atom is 0.326 e. The molecule has 0 saturated heterocycles. The highest BCUT2D eigenvalue weighted by atomic mass is 35.5. The number of carboxylic acids is 2. The van der Waals surface area contributed by atoms with Gasteiger partial charge in [0.1, 0.15) is 6.04 Å². The molecule has 0 aliphatic rings. The van der Waals surface area contributed by atoms with Crippen LogP contribution in [0.15, 0.2) is 18.2 Å². The van der Waals surface area contributed by atoms with Crippen LogP contribution in [-0.4, -0.2) is 34.2 Å². The summed E-state index contributed by atoms with van der Waals surface area (Å²) in [5.74, 6) is -2.79. The highest BCUT2D eigenvalue weighted by molar-refractivity contribution is 6.42. The summed E-state index contributed by atoms with van der Waals surface area (Å²) >= 11 is 11.4. The Balaban J connectivity index is 2.67. The molecule has 0 heterocycles. The predicted molar refractivity (Wildman–Crippen MR) is 72.3 cm³/mol. The first-order valence-electron chi connectivity index (χ1n) is 5.26. The molecule has 2 amide bonds. The van der Waals surface area contributed by atoms with Gasteiger partial charge in [-0.15, -0.1) is 0 Å². The maximum atomic E-state index is 11.6. The number of hydrogen-bond acceptors (Lipinski definition) is 3. The third-order valence-electron chi connectivity index (χ3n) is 2.16. The Hall–Kier alpha value is -1.99. The maximum absolute atomic E-state index is 11.6. The van der Waals surface area contributed by atoms with Crippen LogP contribution in [0.2, 0.25) is 10.0 Å². The van der Waals surface area contributed by atoms with Crippen molar-refractivity contribution >= 4 is 46.9 Å². The molecule has 1 aromatic rings. The number of aliphatic carboxylic acids is 2. The van der Waals surface area contributed by atoms with Gasteiger partial charge in [0.2, 0.25) is 0 Å². The second kappa shape index (κ2) is 6.97. The van der Waals surface area contributed by atoms with Gasteiger partial charge in [0.15, 0.2) is 0 Å². The van der Waals surface area contributed by atoms with Gasteiger partial charge in [-0.25, -0.2) is 9.59 Å². The standard InChI is InChI=1S/C11H10Cl2N2O5/c12-6-2-1-5(3-7(6)13)14-11(20)15-8(10(18)19)4-9(16)17/h1-3,8H,4H2,(H,16,17)(H,18,19)(H2,14,15,20)/t8-/m0/s1. The van der Waals surface area contributed by atoms with Crippen molar-refractivity contribution in [2.45, 2.75) is 12.5 Å². The van der Waals surface area contributed by atoms with Crippen molar-refractivity contribution in [1.29, 1.82) is 0 Å². The predicted octanol–water partition coefficient (Wildman–Crippen LogP) is 2.04. The minimum atomic E-state index is -1.53. The van der Waals surface area contributed by atoms with E-state index in [0.717, 1.165) is 0 Å². The van der Waals surface area contributed by atoms with Gasteiger partial charge in [0.05, 0.1) is 16.5 Å². The lowest BCUT2D eigenvalue weighted by atomic mass is 10.2. The third kappa shape index (κ3) is 4.94. The number of halogens is 2. The number of carbonyl (C=O) groups excluding carboxylic acids is 1. The molecule has 0 aromatic heterocycles. The van der Waals surface area contributed by atoms with Crippen LogP contribution >= 0.6 is 23.2 Å². The SMILES string of the molecule is O=C(O)C[C@H](NC(=O)Nc1ccc(Cl)c(Cl)c1)C(=O)O.